The summed E-state index contributed by atoms with van der Waals surface area (Å²) in [6, 6.07) is 1.60. The lowest BCUT2D eigenvalue weighted by Crippen LogP contribution is -2.50. The van der Waals surface area contributed by atoms with Crippen molar-refractivity contribution in [2.24, 2.45) is 5.92 Å². The molecule has 0 N–H and O–H groups in total. The molecule has 2 aliphatic rings. The molecule has 1 saturated heterocycles. The number of carbonyl (C=O) groups is 2. The number of ketones is 1. The van der Waals surface area contributed by atoms with E-state index in [9.17, 15) is 9.59 Å². The van der Waals surface area contributed by atoms with Crippen molar-refractivity contribution < 1.29 is 14.1 Å². The van der Waals surface area contributed by atoms with E-state index in [-0.39, 0.29) is 35.5 Å². The van der Waals surface area contributed by atoms with Gasteiger partial charge in [0.25, 0.3) is 0 Å². The molecular formula is C20H30N2O3. The van der Waals surface area contributed by atoms with Gasteiger partial charge in [0.1, 0.15) is 5.76 Å². The van der Waals surface area contributed by atoms with Gasteiger partial charge in [-0.25, -0.2) is 0 Å². The van der Waals surface area contributed by atoms with Gasteiger partial charge in [-0.1, -0.05) is 38.8 Å². The monoisotopic (exact) mass is 346 g/mol. The minimum Gasteiger partial charge on any atom is -0.361 e. The number of nitrogens with zero attached hydrogens (tertiary/aromatic N) is 2. The number of piperidine rings is 1. The molecule has 0 unspecified atom stereocenters. The molecule has 1 aliphatic carbocycles. The highest BCUT2D eigenvalue weighted by Crippen LogP contribution is 2.30. The fraction of sp³-hybridized carbons (Fsp3) is 0.750. The number of aromatic nitrogens is 1. The van der Waals surface area contributed by atoms with Crippen molar-refractivity contribution >= 4 is 11.7 Å². The van der Waals surface area contributed by atoms with E-state index in [0.29, 0.717) is 5.69 Å². The van der Waals surface area contributed by atoms with Crippen molar-refractivity contribution in [1.29, 1.82) is 0 Å². The predicted octanol–water partition coefficient (Wildman–Crippen LogP) is 3.66. The maximum absolute atomic E-state index is 12.9. The van der Waals surface area contributed by atoms with Crippen LogP contribution in [0.15, 0.2) is 10.6 Å². The summed E-state index contributed by atoms with van der Waals surface area (Å²) in [5.74, 6) is 1.22. The minimum absolute atomic E-state index is 0.0970. The maximum atomic E-state index is 12.9. The van der Waals surface area contributed by atoms with Crippen LogP contribution >= 0.6 is 0 Å². The highest BCUT2D eigenvalue weighted by atomic mass is 16.5. The Morgan fingerprint density at radius 2 is 1.84 bits per heavy atom. The Hall–Kier alpha value is -1.65. The number of carbonyl (C=O) groups excluding carboxylic acids is 2. The molecule has 2 fully saturated rings. The summed E-state index contributed by atoms with van der Waals surface area (Å²) >= 11 is 0. The van der Waals surface area contributed by atoms with Crippen LogP contribution in [0.1, 0.15) is 77.2 Å². The third-order valence-corrected chi connectivity index (χ3v) is 5.52. The van der Waals surface area contributed by atoms with E-state index in [0.717, 1.165) is 57.3 Å². The van der Waals surface area contributed by atoms with Gasteiger partial charge in [-0.15, -0.1) is 0 Å². The Morgan fingerprint density at radius 1 is 1.16 bits per heavy atom. The fourth-order valence-corrected chi connectivity index (χ4v) is 3.98. The molecule has 5 heteroatoms. The third-order valence-electron chi connectivity index (χ3n) is 5.52. The number of hydrogen-bond acceptors (Lipinski definition) is 4. The van der Waals surface area contributed by atoms with Crippen LogP contribution in [0.4, 0.5) is 0 Å². The van der Waals surface area contributed by atoms with Crippen LogP contribution in [0.5, 0.6) is 0 Å². The van der Waals surface area contributed by atoms with Gasteiger partial charge < -0.3 is 9.42 Å². The Morgan fingerprint density at radius 3 is 2.48 bits per heavy atom. The largest absolute Gasteiger partial charge is 0.361 e. The van der Waals surface area contributed by atoms with Gasteiger partial charge in [0.2, 0.25) is 5.91 Å². The standard InChI is InChI=1S/C20H30N2O3/c1-20(2,3)18-13-15(21-25-18)12-17(23)16-10-6-7-11-22(16)19(24)14-8-4-5-9-14/h13-14,16H,4-12H2,1-3H3/t16-/m0/s1. The van der Waals surface area contributed by atoms with Crippen molar-refractivity contribution in [3.63, 3.8) is 0 Å². The molecule has 1 saturated carbocycles. The number of amides is 1. The summed E-state index contributed by atoms with van der Waals surface area (Å²) in [6.45, 7) is 6.89. The van der Waals surface area contributed by atoms with Crippen molar-refractivity contribution in [2.75, 3.05) is 6.54 Å². The number of rotatable bonds is 4. The van der Waals surface area contributed by atoms with Gasteiger partial charge >= 0.3 is 0 Å². The molecule has 0 bridgehead atoms. The van der Waals surface area contributed by atoms with Crippen molar-refractivity contribution in [3.05, 3.63) is 17.5 Å². The van der Waals surface area contributed by atoms with Crippen LogP contribution in [-0.2, 0) is 21.4 Å². The van der Waals surface area contributed by atoms with Gasteiger partial charge in [-0.2, -0.15) is 0 Å². The van der Waals surface area contributed by atoms with Crippen LogP contribution in [0, 0.1) is 5.92 Å². The quantitative estimate of drug-likeness (QED) is 0.835. The molecule has 1 aromatic heterocycles. The van der Waals surface area contributed by atoms with Gasteiger partial charge in [-0.3, -0.25) is 9.59 Å². The van der Waals surface area contributed by atoms with Crippen LogP contribution in [0.25, 0.3) is 0 Å². The zero-order valence-corrected chi connectivity index (χ0v) is 15.7. The van der Waals surface area contributed by atoms with Crippen molar-refractivity contribution in [2.45, 2.75) is 83.6 Å². The normalized spacial score (nSPS) is 22.4. The smallest absolute Gasteiger partial charge is 0.226 e. The zero-order chi connectivity index (χ0) is 18.0. The van der Waals surface area contributed by atoms with Crippen LogP contribution in [-0.4, -0.2) is 34.3 Å². The Kier molecular flexibility index (Phi) is 5.30. The number of hydrogen-bond donors (Lipinski definition) is 0. The molecule has 1 aromatic rings. The fourth-order valence-electron chi connectivity index (χ4n) is 3.98. The first kappa shape index (κ1) is 18.2. The average Bonchev–Trinajstić information content (AvgIpc) is 3.25. The van der Waals surface area contributed by atoms with Crippen LogP contribution in [0.2, 0.25) is 0 Å². The summed E-state index contributed by atoms with van der Waals surface area (Å²) in [4.78, 5) is 27.6. The SMILES string of the molecule is CC(C)(C)c1cc(CC(=O)[C@@H]2CCCCN2C(=O)C2CCCC2)no1. The summed E-state index contributed by atoms with van der Waals surface area (Å²) < 4.78 is 5.39. The first-order chi connectivity index (χ1) is 11.9. The molecule has 5 nitrogen and oxygen atoms in total. The first-order valence-corrected chi connectivity index (χ1v) is 9.65. The molecule has 0 aromatic carbocycles. The summed E-state index contributed by atoms with van der Waals surface area (Å²) in [5, 5.41) is 4.07. The molecule has 1 amide bonds. The predicted molar refractivity (Wildman–Crippen MR) is 95.2 cm³/mol. The summed E-state index contributed by atoms with van der Waals surface area (Å²) in [5.41, 5.74) is 0.553. The third kappa shape index (κ3) is 4.13. The number of Topliss-reactive ketones (excluding diaryl/α,β-unsaturated/α-hetero) is 1. The summed E-state index contributed by atoms with van der Waals surface area (Å²) in [6.07, 6.45) is 7.27. The lowest BCUT2D eigenvalue weighted by molar-refractivity contribution is -0.144. The zero-order valence-electron chi connectivity index (χ0n) is 15.7. The molecular weight excluding hydrogens is 316 g/mol. The molecule has 138 valence electrons. The lowest BCUT2D eigenvalue weighted by atomic mass is 9.91. The molecule has 0 radical (unpaired) electrons. The highest BCUT2D eigenvalue weighted by Gasteiger charge is 2.36. The topological polar surface area (TPSA) is 63.4 Å². The molecule has 1 aliphatic heterocycles. The van der Waals surface area contributed by atoms with E-state index < -0.39 is 0 Å². The highest BCUT2D eigenvalue weighted by molar-refractivity contribution is 5.91. The van der Waals surface area contributed by atoms with Crippen LogP contribution in [0.3, 0.4) is 0 Å². The van der Waals surface area contributed by atoms with E-state index >= 15 is 0 Å². The van der Waals surface area contributed by atoms with E-state index in [1.54, 1.807) is 0 Å². The minimum atomic E-state index is -0.281. The van der Waals surface area contributed by atoms with Gasteiger partial charge in [-0.05, 0) is 32.1 Å². The van der Waals surface area contributed by atoms with Crippen molar-refractivity contribution in [1.82, 2.24) is 10.1 Å². The number of likely N-dealkylation sites (tertiary alicyclic amines) is 1. The van der Waals surface area contributed by atoms with E-state index in [1.165, 1.54) is 0 Å². The second kappa shape index (κ2) is 7.30. The second-order valence-corrected chi connectivity index (χ2v) is 8.60. The van der Waals surface area contributed by atoms with E-state index in [2.05, 4.69) is 25.9 Å². The Bertz CT molecular complexity index is 623. The maximum Gasteiger partial charge on any atom is 0.226 e. The lowest BCUT2D eigenvalue weighted by Gasteiger charge is -2.36. The second-order valence-electron chi connectivity index (χ2n) is 8.60. The molecule has 2 heterocycles. The molecule has 1 atom stereocenters. The van der Waals surface area contributed by atoms with Crippen LogP contribution < -0.4 is 0 Å². The first-order valence-electron chi connectivity index (χ1n) is 9.65. The van der Waals surface area contributed by atoms with Gasteiger partial charge in [0.05, 0.1) is 18.2 Å². The van der Waals surface area contributed by atoms with E-state index in [4.69, 9.17) is 4.52 Å². The van der Waals surface area contributed by atoms with E-state index in [1.807, 2.05) is 11.0 Å². The molecule has 25 heavy (non-hydrogen) atoms. The summed E-state index contributed by atoms with van der Waals surface area (Å²) in [7, 11) is 0. The molecule has 0 spiro atoms. The average molecular weight is 346 g/mol. The van der Waals surface area contributed by atoms with Gasteiger partial charge in [0, 0.05) is 23.9 Å². The Balaban J connectivity index is 1.68. The van der Waals surface area contributed by atoms with Gasteiger partial charge in [0.15, 0.2) is 5.78 Å². The Labute approximate surface area is 150 Å². The molecule has 3 rings (SSSR count). The van der Waals surface area contributed by atoms with Crippen molar-refractivity contribution in [3.8, 4) is 0 Å².